The minimum atomic E-state index is -0.615. The van der Waals surface area contributed by atoms with Gasteiger partial charge in [-0.3, -0.25) is 9.59 Å². The number of aromatic nitrogens is 1. The molecule has 2 heterocycles. The molecule has 0 spiro atoms. The molecule has 1 N–H and O–H groups in total. The Hall–Kier alpha value is -3.00. The molecule has 2 amide bonds. The number of hydrogen-bond acceptors (Lipinski definition) is 5. The van der Waals surface area contributed by atoms with Gasteiger partial charge in [0, 0.05) is 29.9 Å². The number of thiazole rings is 1. The van der Waals surface area contributed by atoms with Gasteiger partial charge in [0.05, 0.1) is 18.4 Å². The maximum Gasteiger partial charge on any atom is 0.258 e. The van der Waals surface area contributed by atoms with Crippen molar-refractivity contribution in [2.24, 2.45) is 0 Å². The highest BCUT2D eigenvalue weighted by atomic mass is 32.1. The van der Waals surface area contributed by atoms with Gasteiger partial charge in [-0.2, -0.15) is 0 Å². The van der Waals surface area contributed by atoms with Crippen molar-refractivity contribution in [2.45, 2.75) is 6.54 Å². The third-order valence-electron chi connectivity index (χ3n) is 3.39. The fraction of sp³-hybridized carbons (Fsp3) is 0.118. The Bertz CT molecular complexity index is 879. The first kappa shape index (κ1) is 16.8. The topological polar surface area (TPSA) is 75.4 Å². The number of anilines is 1. The van der Waals surface area contributed by atoms with Crippen LogP contribution >= 0.6 is 11.3 Å². The Labute approximate surface area is 146 Å². The number of nitrogens with zero attached hydrogens (tertiary/aromatic N) is 2. The van der Waals surface area contributed by atoms with Gasteiger partial charge in [-0.25, -0.2) is 9.37 Å². The summed E-state index contributed by atoms with van der Waals surface area (Å²) in [4.78, 5) is 30.1. The van der Waals surface area contributed by atoms with Crippen molar-refractivity contribution in [2.75, 3.05) is 12.4 Å². The van der Waals surface area contributed by atoms with Gasteiger partial charge >= 0.3 is 0 Å². The quantitative estimate of drug-likeness (QED) is 0.758. The van der Waals surface area contributed by atoms with E-state index in [1.54, 1.807) is 13.2 Å². The number of carbonyl (C=O) groups excluding carboxylic acids is 2. The number of halogens is 1. The number of carbonyl (C=O) groups is 2. The zero-order valence-electron chi connectivity index (χ0n) is 13.2. The summed E-state index contributed by atoms with van der Waals surface area (Å²) in [6, 6.07) is 5.20. The van der Waals surface area contributed by atoms with Crippen LogP contribution in [0.15, 0.2) is 52.8 Å². The fourth-order valence-electron chi connectivity index (χ4n) is 2.21. The van der Waals surface area contributed by atoms with E-state index in [-0.39, 0.29) is 17.2 Å². The molecule has 0 saturated heterocycles. The lowest BCUT2D eigenvalue weighted by Crippen LogP contribution is -2.26. The highest BCUT2D eigenvalue weighted by Gasteiger charge is 2.16. The predicted octanol–water partition coefficient (Wildman–Crippen LogP) is 3.40. The van der Waals surface area contributed by atoms with Crippen molar-refractivity contribution >= 4 is 28.8 Å². The molecule has 128 valence electrons. The lowest BCUT2D eigenvalue weighted by Gasteiger charge is -2.16. The summed E-state index contributed by atoms with van der Waals surface area (Å²) in [5.41, 5.74) is 0.636. The molecular weight excluding hydrogens is 345 g/mol. The second-order valence-corrected chi connectivity index (χ2v) is 6.26. The van der Waals surface area contributed by atoms with Crippen LogP contribution in [0.5, 0.6) is 0 Å². The number of amides is 2. The van der Waals surface area contributed by atoms with Crippen LogP contribution in [0.1, 0.15) is 25.7 Å². The summed E-state index contributed by atoms with van der Waals surface area (Å²) in [6.07, 6.45) is 4.30. The average molecular weight is 359 g/mol. The Kier molecular flexibility index (Phi) is 4.90. The normalized spacial score (nSPS) is 10.5. The Morgan fingerprint density at radius 3 is 2.84 bits per heavy atom. The number of hydrogen-bond donors (Lipinski definition) is 1. The molecule has 0 aliphatic heterocycles. The smallest absolute Gasteiger partial charge is 0.258 e. The van der Waals surface area contributed by atoms with Crippen molar-refractivity contribution in [1.82, 2.24) is 9.88 Å². The van der Waals surface area contributed by atoms with Crippen LogP contribution in [0.3, 0.4) is 0 Å². The van der Waals surface area contributed by atoms with Crippen molar-refractivity contribution in [3.8, 4) is 0 Å². The van der Waals surface area contributed by atoms with Crippen LogP contribution < -0.4 is 5.32 Å². The average Bonchev–Trinajstić information content (AvgIpc) is 3.27. The van der Waals surface area contributed by atoms with Gasteiger partial charge in [0.25, 0.3) is 11.8 Å². The van der Waals surface area contributed by atoms with Gasteiger partial charge in [0.2, 0.25) is 0 Å². The first-order chi connectivity index (χ1) is 12.0. The molecule has 0 bridgehead atoms. The van der Waals surface area contributed by atoms with Crippen molar-refractivity contribution in [3.63, 3.8) is 0 Å². The van der Waals surface area contributed by atoms with Crippen LogP contribution in [-0.4, -0.2) is 28.7 Å². The van der Waals surface area contributed by atoms with E-state index in [9.17, 15) is 14.0 Å². The molecular formula is C17H14FN3O3S. The summed E-state index contributed by atoms with van der Waals surface area (Å²) in [5.74, 6) is -1.43. The van der Waals surface area contributed by atoms with Crippen LogP contribution in [0.2, 0.25) is 0 Å². The Morgan fingerprint density at radius 1 is 1.32 bits per heavy atom. The molecule has 0 unspecified atom stereocenters. The van der Waals surface area contributed by atoms with Crippen LogP contribution in [0.25, 0.3) is 0 Å². The van der Waals surface area contributed by atoms with E-state index in [1.807, 2.05) is 5.38 Å². The Balaban J connectivity index is 1.76. The zero-order valence-corrected chi connectivity index (χ0v) is 14.0. The van der Waals surface area contributed by atoms with Crippen LogP contribution in [0, 0.1) is 5.82 Å². The van der Waals surface area contributed by atoms with Gasteiger partial charge in [-0.1, -0.05) is 0 Å². The van der Waals surface area contributed by atoms with E-state index >= 15 is 0 Å². The SMILES string of the molecule is CN(Cc1nccs1)C(=O)c1cc(F)cc(NC(=O)c2ccoc2)c1. The van der Waals surface area contributed by atoms with Crippen LogP contribution in [0.4, 0.5) is 10.1 Å². The molecule has 0 saturated carbocycles. The summed E-state index contributed by atoms with van der Waals surface area (Å²) in [5, 5.41) is 5.14. The molecule has 0 atom stereocenters. The summed E-state index contributed by atoms with van der Waals surface area (Å²) in [6.45, 7) is 0.323. The summed E-state index contributed by atoms with van der Waals surface area (Å²) >= 11 is 1.43. The molecule has 0 aliphatic carbocycles. The number of furan rings is 1. The van der Waals surface area contributed by atoms with Gasteiger partial charge in [0.15, 0.2) is 0 Å². The highest BCUT2D eigenvalue weighted by molar-refractivity contribution is 7.09. The van der Waals surface area contributed by atoms with Crippen molar-refractivity contribution in [3.05, 3.63) is 70.3 Å². The summed E-state index contributed by atoms with van der Waals surface area (Å²) < 4.78 is 18.7. The maximum atomic E-state index is 13.9. The predicted molar refractivity (Wildman–Crippen MR) is 91.0 cm³/mol. The molecule has 2 aromatic heterocycles. The molecule has 3 rings (SSSR count). The lowest BCUT2D eigenvalue weighted by atomic mass is 10.1. The lowest BCUT2D eigenvalue weighted by molar-refractivity contribution is 0.0784. The first-order valence-corrected chi connectivity index (χ1v) is 8.19. The first-order valence-electron chi connectivity index (χ1n) is 7.31. The van der Waals surface area contributed by atoms with E-state index in [0.717, 1.165) is 17.1 Å². The zero-order chi connectivity index (χ0) is 17.8. The van der Waals surface area contributed by atoms with Crippen LogP contribution in [-0.2, 0) is 6.54 Å². The maximum absolute atomic E-state index is 13.9. The molecule has 0 aliphatic rings. The molecule has 25 heavy (non-hydrogen) atoms. The molecule has 8 heteroatoms. The monoisotopic (exact) mass is 359 g/mol. The second kappa shape index (κ2) is 7.27. The van der Waals surface area contributed by atoms with Crippen molar-refractivity contribution in [1.29, 1.82) is 0 Å². The number of rotatable bonds is 5. The third-order valence-corrected chi connectivity index (χ3v) is 4.15. The van der Waals surface area contributed by atoms with Gasteiger partial charge in [-0.05, 0) is 24.3 Å². The molecule has 3 aromatic rings. The number of nitrogens with one attached hydrogen (secondary N) is 1. The van der Waals surface area contributed by atoms with E-state index in [1.165, 1.54) is 40.9 Å². The minimum Gasteiger partial charge on any atom is -0.472 e. The Morgan fingerprint density at radius 2 is 2.16 bits per heavy atom. The molecule has 1 aromatic carbocycles. The van der Waals surface area contributed by atoms with E-state index in [0.29, 0.717) is 12.1 Å². The van der Waals surface area contributed by atoms with Gasteiger partial charge < -0.3 is 14.6 Å². The van der Waals surface area contributed by atoms with E-state index in [2.05, 4.69) is 10.3 Å². The standard InChI is InChI=1S/C17H14FN3O3S/c1-21(9-15-19-3-5-25-15)17(23)12-6-13(18)8-14(7-12)20-16(22)11-2-4-24-10-11/h2-8,10H,9H2,1H3,(H,20,22). The van der Waals surface area contributed by atoms with E-state index in [4.69, 9.17) is 4.42 Å². The van der Waals surface area contributed by atoms with Crippen molar-refractivity contribution < 1.29 is 18.4 Å². The summed E-state index contributed by atoms with van der Waals surface area (Å²) in [7, 11) is 1.61. The molecule has 0 fully saturated rings. The third kappa shape index (κ3) is 4.10. The van der Waals surface area contributed by atoms with Gasteiger partial charge in [0.1, 0.15) is 17.1 Å². The largest absolute Gasteiger partial charge is 0.472 e. The highest BCUT2D eigenvalue weighted by Crippen LogP contribution is 2.18. The number of benzene rings is 1. The molecule has 6 nitrogen and oxygen atoms in total. The fourth-order valence-corrected chi connectivity index (χ4v) is 2.88. The second-order valence-electron chi connectivity index (χ2n) is 5.28. The molecule has 0 radical (unpaired) electrons. The van der Waals surface area contributed by atoms with E-state index < -0.39 is 11.7 Å². The minimum absolute atomic E-state index is 0.140. The van der Waals surface area contributed by atoms with Gasteiger partial charge in [-0.15, -0.1) is 11.3 Å².